The van der Waals surface area contributed by atoms with Gasteiger partial charge >= 0.3 is 5.97 Å². The van der Waals surface area contributed by atoms with Crippen LogP contribution in [0.4, 0.5) is 0 Å². The van der Waals surface area contributed by atoms with Crippen LogP contribution in [0.3, 0.4) is 0 Å². The third-order valence-electron chi connectivity index (χ3n) is 9.35. The number of rotatable bonds is 12. The van der Waals surface area contributed by atoms with Crippen LogP contribution in [0, 0.1) is 18.3 Å². The number of aromatic nitrogens is 3. The number of hydrogen-bond acceptors (Lipinski definition) is 8. The molecule has 0 radical (unpaired) electrons. The van der Waals surface area contributed by atoms with Crippen LogP contribution in [-0.2, 0) is 44.0 Å². The molecule has 1 saturated heterocycles. The molecule has 2 aromatic carbocycles. The predicted octanol–water partition coefficient (Wildman–Crippen LogP) is 4.97. The number of hydrogen-bond donors (Lipinski definition) is 1. The van der Waals surface area contributed by atoms with Crippen LogP contribution in [0.25, 0.3) is 0 Å². The minimum atomic E-state index is -3.86. The summed E-state index contributed by atoms with van der Waals surface area (Å²) in [6, 6.07) is 12.2. The highest BCUT2D eigenvalue weighted by Crippen LogP contribution is 2.39. The molecule has 0 saturated carbocycles. The van der Waals surface area contributed by atoms with Gasteiger partial charge in [0, 0.05) is 32.6 Å². The molecule has 0 bridgehead atoms. The Labute approximate surface area is 283 Å². The largest absolute Gasteiger partial charge is 0.488 e. The third-order valence-corrected chi connectivity index (χ3v) is 11.2. The van der Waals surface area contributed by atoms with Gasteiger partial charge in [-0.05, 0) is 81.7 Å². The van der Waals surface area contributed by atoms with Gasteiger partial charge in [0.2, 0.25) is 15.9 Å². The maximum absolute atomic E-state index is 13.7. The van der Waals surface area contributed by atoms with Gasteiger partial charge in [-0.25, -0.2) is 8.42 Å². The summed E-state index contributed by atoms with van der Waals surface area (Å²) in [6.45, 7) is 11.5. The SMILES string of the molecule is CCCC(=O)N1CCC(Cn2cc(COC(c3ccc(C)c(CN4C[C@@H](C)Oc5ccccc5S4(=O)=O)c3)C(C)(C)C(=O)O)nn2)CC1. The molecule has 1 N–H and O–H groups in total. The number of nitrogens with zero attached hydrogens (tertiary/aromatic N) is 5. The first-order valence-electron chi connectivity index (χ1n) is 16.7. The molecule has 13 heteroatoms. The molecule has 2 aliphatic heterocycles. The highest BCUT2D eigenvalue weighted by Gasteiger charge is 2.40. The van der Waals surface area contributed by atoms with Crippen LogP contribution >= 0.6 is 0 Å². The van der Waals surface area contributed by atoms with E-state index in [9.17, 15) is 23.1 Å². The zero-order valence-electron chi connectivity index (χ0n) is 28.5. The quantitative estimate of drug-likeness (QED) is 0.280. The highest BCUT2D eigenvalue weighted by atomic mass is 32.2. The van der Waals surface area contributed by atoms with Gasteiger partial charge in [0.1, 0.15) is 22.4 Å². The first kappa shape index (κ1) is 35.5. The van der Waals surface area contributed by atoms with E-state index in [1.54, 1.807) is 42.8 Å². The molecule has 12 nitrogen and oxygen atoms in total. The lowest BCUT2D eigenvalue weighted by Gasteiger charge is -2.32. The first-order valence-corrected chi connectivity index (χ1v) is 18.1. The second-order valence-corrected chi connectivity index (χ2v) is 15.5. The van der Waals surface area contributed by atoms with Crippen molar-refractivity contribution in [1.29, 1.82) is 0 Å². The number of aryl methyl sites for hydroxylation is 1. The molecular weight excluding hydrogens is 634 g/mol. The number of carbonyl (C=O) groups excluding carboxylic acids is 1. The van der Waals surface area contributed by atoms with E-state index in [0.29, 0.717) is 35.9 Å². The average Bonchev–Trinajstić information content (AvgIpc) is 3.46. The summed E-state index contributed by atoms with van der Waals surface area (Å²) in [5.74, 6) is -0.0972. The van der Waals surface area contributed by atoms with Crippen LogP contribution in [0.2, 0.25) is 0 Å². The van der Waals surface area contributed by atoms with Gasteiger partial charge in [-0.15, -0.1) is 5.10 Å². The molecule has 3 heterocycles. The summed E-state index contributed by atoms with van der Waals surface area (Å²) in [5.41, 5.74) is 1.49. The van der Waals surface area contributed by atoms with Crippen LogP contribution < -0.4 is 4.74 Å². The van der Waals surface area contributed by atoms with E-state index in [-0.39, 0.29) is 36.6 Å². The lowest BCUT2D eigenvalue weighted by atomic mass is 9.81. The molecule has 2 atom stereocenters. The number of para-hydroxylation sites is 1. The number of fused-ring (bicyclic) bond motifs is 1. The van der Waals surface area contributed by atoms with E-state index in [0.717, 1.165) is 43.5 Å². The summed E-state index contributed by atoms with van der Waals surface area (Å²) in [6.07, 6.45) is 3.84. The van der Waals surface area contributed by atoms with Crippen LogP contribution in [0.1, 0.15) is 81.9 Å². The fraction of sp³-hybridized carbons (Fsp3) is 0.543. The summed E-state index contributed by atoms with van der Waals surface area (Å²) < 4.78 is 42.9. The van der Waals surface area contributed by atoms with Gasteiger partial charge in [-0.2, -0.15) is 4.31 Å². The van der Waals surface area contributed by atoms with Crippen molar-refractivity contribution in [2.24, 2.45) is 11.3 Å². The van der Waals surface area contributed by atoms with Gasteiger partial charge in [0.15, 0.2) is 0 Å². The number of carboxylic acid groups (broad SMARTS) is 1. The van der Waals surface area contributed by atoms with E-state index < -0.39 is 27.5 Å². The van der Waals surface area contributed by atoms with Crippen molar-refractivity contribution in [3.8, 4) is 5.75 Å². The Morgan fingerprint density at radius 1 is 1.15 bits per heavy atom. The molecule has 1 unspecified atom stereocenters. The number of benzene rings is 2. The van der Waals surface area contributed by atoms with Crippen molar-refractivity contribution in [2.75, 3.05) is 19.6 Å². The number of sulfonamides is 1. The van der Waals surface area contributed by atoms with Crippen LogP contribution in [0.15, 0.2) is 53.6 Å². The van der Waals surface area contributed by atoms with Crippen molar-refractivity contribution in [3.05, 3.63) is 71.0 Å². The molecule has 260 valence electrons. The number of ether oxygens (including phenoxy) is 2. The van der Waals surface area contributed by atoms with Gasteiger partial charge in [0.05, 0.1) is 30.9 Å². The summed E-state index contributed by atoms with van der Waals surface area (Å²) in [4.78, 5) is 26.8. The molecular formula is C35H47N5O7S. The summed E-state index contributed by atoms with van der Waals surface area (Å²) >= 11 is 0. The number of carboxylic acids is 1. The van der Waals surface area contributed by atoms with Gasteiger partial charge in [0.25, 0.3) is 0 Å². The van der Waals surface area contributed by atoms with Crippen molar-refractivity contribution in [2.45, 2.75) is 97.1 Å². The Morgan fingerprint density at radius 3 is 2.58 bits per heavy atom. The average molecular weight is 682 g/mol. The van der Waals surface area contributed by atoms with Crippen molar-refractivity contribution >= 4 is 21.9 Å². The predicted molar refractivity (Wildman–Crippen MR) is 178 cm³/mol. The fourth-order valence-corrected chi connectivity index (χ4v) is 8.01. The first-order chi connectivity index (χ1) is 22.8. The Morgan fingerprint density at radius 2 is 1.88 bits per heavy atom. The molecule has 1 amide bonds. The van der Waals surface area contributed by atoms with Gasteiger partial charge in [-0.3, -0.25) is 14.3 Å². The molecule has 1 fully saturated rings. The number of carbonyl (C=O) groups is 2. The monoisotopic (exact) mass is 681 g/mol. The van der Waals surface area contributed by atoms with E-state index in [2.05, 4.69) is 10.3 Å². The topological polar surface area (TPSA) is 144 Å². The second-order valence-electron chi connectivity index (χ2n) is 13.6. The minimum Gasteiger partial charge on any atom is -0.488 e. The Bertz CT molecular complexity index is 1720. The molecule has 1 aromatic heterocycles. The maximum atomic E-state index is 13.7. The molecule has 0 spiro atoms. The lowest BCUT2D eigenvalue weighted by Crippen LogP contribution is -2.39. The zero-order valence-corrected chi connectivity index (χ0v) is 29.3. The molecule has 0 aliphatic carbocycles. The number of piperidine rings is 1. The smallest absolute Gasteiger partial charge is 0.312 e. The van der Waals surface area contributed by atoms with Gasteiger partial charge in [-0.1, -0.05) is 42.5 Å². The maximum Gasteiger partial charge on any atom is 0.312 e. The normalized spacial score (nSPS) is 19.3. The standard InChI is InChI=1S/C35H47N5O7S/c1-6-9-32(41)38-16-14-26(15-17-38)20-39-22-29(36-37-39)23-46-33(35(4,5)34(42)43)27-13-12-24(2)28(18-27)21-40-19-25(3)47-30-10-7-8-11-31(30)48(40,44)45/h7-8,10-13,18,22,25-26,33H,6,9,14-17,19-21,23H2,1-5H3,(H,42,43)/t25-,33?/m1/s1. The Kier molecular flexibility index (Phi) is 10.9. The van der Waals surface area contributed by atoms with E-state index >= 15 is 0 Å². The molecule has 48 heavy (non-hydrogen) atoms. The van der Waals surface area contributed by atoms with Crippen molar-refractivity contribution < 1.29 is 32.6 Å². The van der Waals surface area contributed by atoms with Crippen LogP contribution in [0.5, 0.6) is 5.75 Å². The molecule has 2 aliphatic rings. The highest BCUT2D eigenvalue weighted by molar-refractivity contribution is 7.89. The fourth-order valence-electron chi connectivity index (χ4n) is 6.40. The summed E-state index contributed by atoms with van der Waals surface area (Å²) in [7, 11) is -3.86. The number of aliphatic carboxylic acids is 1. The second kappa shape index (κ2) is 14.8. The Balaban J connectivity index is 1.31. The minimum absolute atomic E-state index is 0.0424. The van der Waals surface area contributed by atoms with E-state index in [1.165, 1.54) is 4.31 Å². The van der Waals surface area contributed by atoms with Crippen molar-refractivity contribution in [3.63, 3.8) is 0 Å². The van der Waals surface area contributed by atoms with E-state index in [1.807, 2.05) is 50.1 Å². The van der Waals surface area contributed by atoms with E-state index in [4.69, 9.17) is 9.47 Å². The number of amides is 1. The lowest BCUT2D eigenvalue weighted by molar-refractivity contribution is -0.158. The van der Waals surface area contributed by atoms with Gasteiger partial charge < -0.3 is 19.5 Å². The molecule has 3 aromatic rings. The summed E-state index contributed by atoms with van der Waals surface area (Å²) in [5, 5.41) is 18.8. The van der Waals surface area contributed by atoms with Crippen LogP contribution in [-0.4, -0.2) is 75.3 Å². The Hall–Kier alpha value is -3.81. The third kappa shape index (κ3) is 7.90. The van der Waals surface area contributed by atoms with Crippen molar-refractivity contribution in [1.82, 2.24) is 24.2 Å². The number of likely N-dealkylation sites (tertiary alicyclic amines) is 1. The molecule has 5 rings (SSSR count). The zero-order chi connectivity index (χ0) is 34.6.